The number of para-hydroxylation sites is 3. The van der Waals surface area contributed by atoms with Gasteiger partial charge in [0.1, 0.15) is 101 Å². The van der Waals surface area contributed by atoms with Crippen molar-refractivity contribution >= 4 is 80.8 Å². The van der Waals surface area contributed by atoms with E-state index in [1.165, 1.54) is 227 Å². The molecule has 15 aromatic carbocycles. The molecule has 0 unspecified atom stereocenters. The number of hydrogen-bond acceptors (Lipinski definition) is 2. The lowest BCUT2D eigenvalue weighted by Gasteiger charge is -2.20. The van der Waals surface area contributed by atoms with Crippen molar-refractivity contribution < 1.29 is 27.1 Å². The Labute approximate surface area is 880 Å². The summed E-state index contributed by atoms with van der Waals surface area (Å²) in [5, 5.41) is 9.18. The van der Waals surface area contributed by atoms with E-state index in [-0.39, 0.29) is 14.9 Å². The number of nitrogens with zero attached hydrogens (tertiary/aromatic N) is 10. The Morgan fingerprint density at radius 1 is 0.284 bits per heavy atom. The summed E-state index contributed by atoms with van der Waals surface area (Å²) in [5.41, 5.74) is 38.0. The van der Waals surface area contributed by atoms with Crippen molar-refractivity contribution in [3.63, 3.8) is 0 Å². The van der Waals surface area contributed by atoms with Crippen LogP contribution in [0.3, 0.4) is 0 Å². The average Bonchev–Trinajstić information content (AvgIpc) is 1.58. The molecule has 23 aromatic rings. The molecule has 0 spiro atoms. The molecule has 0 bridgehead atoms. The van der Waals surface area contributed by atoms with Gasteiger partial charge in [-0.1, -0.05) is 353 Å². The lowest BCUT2D eigenvalue weighted by molar-refractivity contribution is -0.659. The van der Waals surface area contributed by atoms with E-state index in [0.717, 1.165) is 11.2 Å². The topological polar surface area (TPSA) is 57.4 Å². The van der Waals surface area contributed by atoms with Crippen molar-refractivity contribution in [1.82, 2.24) is 22.8 Å². The van der Waals surface area contributed by atoms with Crippen LogP contribution in [-0.4, -0.2) is 22.8 Å². The highest BCUT2D eigenvalue weighted by Crippen LogP contribution is 2.49. The highest BCUT2D eigenvalue weighted by Gasteiger charge is 2.36. The van der Waals surface area contributed by atoms with E-state index < -0.39 is 0 Å². The highest BCUT2D eigenvalue weighted by molar-refractivity contribution is 7.26. The van der Waals surface area contributed by atoms with Gasteiger partial charge in [0, 0.05) is 93.1 Å². The molecule has 8 aromatic heterocycles. The Bertz CT molecular complexity index is 8450. The van der Waals surface area contributed by atoms with Crippen LogP contribution in [0, 0.1) is 41.5 Å². The first-order valence-electron chi connectivity index (χ1n) is 51.8. The molecular formula is C136H145N10OS+5. The minimum atomic E-state index is 0. The zero-order valence-electron chi connectivity index (χ0n) is 89.0. The minimum Gasteiger partial charge on any atom is -0.456 e. The molecule has 148 heavy (non-hydrogen) atoms. The summed E-state index contributed by atoms with van der Waals surface area (Å²) in [4.78, 5) is 0. The average molecular weight is 1970 g/mol. The SMILES string of the molecule is C.C.Cc1cccc2c3ccccc3[n+]3cc(C)n(C)c3c12.Cc1ccccc1-c1n(-c2c(-c3ccccc3)cccc2-c2ccccc2)cc[n+]1C.Cc1ccccc1-c1n(-c2c(C(C)C)cc(-c3ccccc3)cc2C(C)C)cc[n+]1C.Cc1ccccc1-c1n(-c2c(C(C)C)cc3c(oc4ccccc43)c2C(C)C)cc[n+]1C.Cc1ccccc1-c1n(-c2c(C(C)C)cc3c(sc4ccccc43)c2C(C)C)cc[n+]1C. The maximum atomic E-state index is 6.50. The van der Waals surface area contributed by atoms with E-state index in [2.05, 4.69) is 577 Å². The second-order valence-corrected chi connectivity index (χ2v) is 42.4. The molecule has 12 heteroatoms. The second kappa shape index (κ2) is 44.0. The molecule has 11 nitrogen and oxygen atoms in total. The molecule has 8 heterocycles. The summed E-state index contributed by atoms with van der Waals surface area (Å²) in [5.74, 6) is 7.13. The van der Waals surface area contributed by atoms with Gasteiger partial charge in [-0.25, -0.2) is 22.8 Å². The third kappa shape index (κ3) is 19.6. The van der Waals surface area contributed by atoms with Gasteiger partial charge < -0.3 is 4.42 Å². The number of pyridine rings is 1. The minimum absolute atomic E-state index is 0. The maximum Gasteiger partial charge on any atom is 0.294 e. The number of aromatic nitrogens is 10. The van der Waals surface area contributed by atoms with E-state index in [1.807, 2.05) is 17.4 Å². The first-order valence-corrected chi connectivity index (χ1v) is 52.6. The first-order chi connectivity index (χ1) is 70.6. The van der Waals surface area contributed by atoms with Gasteiger partial charge in [0.25, 0.3) is 28.9 Å². The van der Waals surface area contributed by atoms with Crippen LogP contribution in [0.4, 0.5) is 0 Å². The van der Waals surface area contributed by atoms with E-state index >= 15 is 0 Å². The largest absolute Gasteiger partial charge is 0.456 e. The Kier molecular flexibility index (Phi) is 30.8. The van der Waals surface area contributed by atoms with Crippen molar-refractivity contribution in [3.05, 3.63) is 444 Å². The first kappa shape index (κ1) is 104. The summed E-state index contributed by atoms with van der Waals surface area (Å²) in [6, 6.07) is 115. The number of hydrogen-bond donors (Lipinski definition) is 0. The predicted octanol–water partition coefficient (Wildman–Crippen LogP) is 34.1. The molecule has 0 aliphatic carbocycles. The van der Waals surface area contributed by atoms with E-state index in [4.69, 9.17) is 4.42 Å². The fraction of sp³-hybridized carbons (Fsp3) is 0.228. The van der Waals surface area contributed by atoms with Gasteiger partial charge >= 0.3 is 0 Å². The van der Waals surface area contributed by atoms with Gasteiger partial charge in [0.15, 0.2) is 0 Å². The number of aryl methyl sites for hydroxylation is 11. The van der Waals surface area contributed by atoms with Crippen LogP contribution in [0.2, 0.25) is 0 Å². The smallest absolute Gasteiger partial charge is 0.294 e. The number of furan rings is 1. The molecule has 0 atom stereocenters. The van der Waals surface area contributed by atoms with Crippen molar-refractivity contribution in [1.29, 1.82) is 0 Å². The lowest BCUT2D eigenvalue weighted by Crippen LogP contribution is -2.29. The normalized spacial score (nSPS) is 11.5. The van der Waals surface area contributed by atoms with Crippen molar-refractivity contribution in [2.24, 2.45) is 35.2 Å². The Hall–Kier alpha value is -15.6. The maximum absolute atomic E-state index is 6.50. The Morgan fingerprint density at radius 2 is 0.628 bits per heavy atom. The van der Waals surface area contributed by atoms with Crippen LogP contribution in [0.15, 0.2) is 382 Å². The summed E-state index contributed by atoms with van der Waals surface area (Å²) < 4.78 is 32.4. The third-order valence-electron chi connectivity index (χ3n) is 29.4. The van der Waals surface area contributed by atoms with Crippen LogP contribution in [-0.2, 0) is 35.2 Å². The molecule has 0 saturated heterocycles. The van der Waals surface area contributed by atoms with Crippen molar-refractivity contribution in [2.75, 3.05) is 0 Å². The van der Waals surface area contributed by atoms with Crippen LogP contribution >= 0.6 is 11.3 Å². The number of benzene rings is 15. The van der Waals surface area contributed by atoms with Gasteiger partial charge in [0.05, 0.1) is 62.9 Å². The number of fused-ring (bicyclic) bond motifs is 12. The summed E-state index contributed by atoms with van der Waals surface area (Å²) in [7, 11) is 10.7. The zero-order valence-corrected chi connectivity index (χ0v) is 89.9. The van der Waals surface area contributed by atoms with Crippen LogP contribution in [0.5, 0.6) is 0 Å². The molecular weight excluding hydrogens is 1820 g/mol. The van der Waals surface area contributed by atoms with Gasteiger partial charge in [-0.2, -0.15) is 22.7 Å². The highest BCUT2D eigenvalue weighted by atomic mass is 32.1. The van der Waals surface area contributed by atoms with Crippen LogP contribution in [0.1, 0.15) is 200 Å². The molecule has 0 N–H and O–H groups in total. The summed E-state index contributed by atoms with van der Waals surface area (Å²) >= 11 is 1.94. The molecule has 23 rings (SSSR count). The molecule has 0 fully saturated rings. The predicted molar refractivity (Wildman–Crippen MR) is 626 cm³/mol. The van der Waals surface area contributed by atoms with E-state index in [9.17, 15) is 0 Å². The van der Waals surface area contributed by atoms with Gasteiger partial charge in [-0.05, 0) is 187 Å². The summed E-state index contributed by atoms with van der Waals surface area (Å²) in [6.07, 6.45) is 19.7. The molecule has 0 aliphatic rings. The van der Waals surface area contributed by atoms with Crippen molar-refractivity contribution in [3.8, 4) is 102 Å². The Morgan fingerprint density at radius 3 is 1.07 bits per heavy atom. The molecule has 0 radical (unpaired) electrons. The standard InChI is InChI=1S/C29H31N2O.C29H31N2S.C29H25N2.C29H33N2.C18H17N2.2CH4/c2*1-18(2)23-17-24-22-13-9-10-14-25(22)32-28(24)26(19(3)4)27(23)31-16-15-30(6)29(31)21-12-8-7-11-20(21)5;1-22-12-9-10-17-25(22)29-30(2)20-21-31(29)28-26(23-13-5-3-6-14-23)18-11-19-27(28)24-15-7-4-8-16-24;1-20(2)26-18-24(23-13-8-7-9-14-23)19-27(21(3)4)28(26)31-17-16-30(6)29(31)25-15-11-10-12-22(25)5;1-12-7-6-9-15-14-8-4-5-10-16(14)20-11-13(2)19(3)18(20)17(12)15;;/h2*7-19H,1-6H3;3-21H,1-2H3;7-21H,1-6H3;4-11H,1-3H3;2*1H4/q5*+1;;. The quantitative estimate of drug-likeness (QED) is 0.0662. The van der Waals surface area contributed by atoms with E-state index in [1.54, 1.807) is 0 Å². The molecule has 746 valence electrons. The van der Waals surface area contributed by atoms with Crippen LogP contribution in [0.25, 0.3) is 171 Å². The monoisotopic (exact) mass is 1970 g/mol. The Balaban J connectivity index is 0.000000127. The molecule has 0 saturated carbocycles. The molecule has 0 aliphatic heterocycles. The molecule has 0 amide bonds. The number of rotatable bonds is 17. The van der Waals surface area contributed by atoms with Gasteiger partial charge in [-0.3, -0.25) is 0 Å². The van der Waals surface area contributed by atoms with Gasteiger partial charge in [-0.15, -0.1) is 11.3 Å². The fourth-order valence-corrected chi connectivity index (χ4v) is 23.2. The van der Waals surface area contributed by atoms with E-state index in [0.29, 0.717) is 35.5 Å². The zero-order chi connectivity index (χ0) is 102. The van der Waals surface area contributed by atoms with Gasteiger partial charge in [0.2, 0.25) is 0 Å². The van der Waals surface area contributed by atoms with Crippen LogP contribution < -0.4 is 22.7 Å². The third-order valence-corrected chi connectivity index (χ3v) is 30.6. The second-order valence-electron chi connectivity index (χ2n) is 41.3. The number of imidazole rings is 5. The van der Waals surface area contributed by atoms with Crippen molar-refractivity contribution in [2.45, 2.75) is 175 Å². The summed E-state index contributed by atoms with van der Waals surface area (Å²) in [6.45, 7) is 40.7. The number of thiophene rings is 1. The lowest BCUT2D eigenvalue weighted by atomic mass is 9.88. The fourth-order valence-electron chi connectivity index (χ4n) is 21.9.